The topological polar surface area (TPSA) is 92.6 Å². The summed E-state index contributed by atoms with van der Waals surface area (Å²) in [6.07, 6.45) is 6.39. The predicted molar refractivity (Wildman–Crippen MR) is 109 cm³/mol. The third kappa shape index (κ3) is 4.01. The normalized spacial score (nSPS) is 15.6. The molecule has 0 atom stereocenters. The predicted octanol–water partition coefficient (Wildman–Crippen LogP) is 3.20. The van der Waals surface area contributed by atoms with Crippen molar-refractivity contribution in [2.24, 2.45) is 0 Å². The van der Waals surface area contributed by atoms with E-state index in [1.165, 1.54) is 4.52 Å². The van der Waals surface area contributed by atoms with Gasteiger partial charge in [-0.2, -0.15) is 9.61 Å². The first-order valence-electron chi connectivity index (χ1n) is 9.81. The van der Waals surface area contributed by atoms with Gasteiger partial charge in [0.15, 0.2) is 0 Å². The number of pyridine rings is 1. The summed E-state index contributed by atoms with van der Waals surface area (Å²) in [7, 11) is 0. The molecule has 1 fully saturated rings. The Balaban J connectivity index is 1.56. The van der Waals surface area contributed by atoms with Crippen LogP contribution < -0.4 is 5.56 Å². The lowest BCUT2D eigenvalue weighted by Gasteiger charge is -2.33. The quantitative estimate of drug-likeness (QED) is 0.719. The van der Waals surface area contributed by atoms with Crippen LogP contribution in [0.4, 0.5) is 4.79 Å². The Morgan fingerprint density at radius 3 is 2.66 bits per heavy atom. The molecule has 4 rings (SSSR count). The number of carbonyl (C=O) groups excluding carboxylic acids is 1. The monoisotopic (exact) mass is 395 g/mol. The van der Waals surface area contributed by atoms with Gasteiger partial charge in [-0.15, -0.1) is 0 Å². The number of hydrogen-bond donors (Lipinski definition) is 1. The average Bonchev–Trinajstić information content (AvgIpc) is 3.12. The van der Waals surface area contributed by atoms with Gasteiger partial charge in [0, 0.05) is 54.3 Å². The Morgan fingerprint density at radius 1 is 1.24 bits per heavy atom. The van der Waals surface area contributed by atoms with Crippen LogP contribution in [0.25, 0.3) is 16.8 Å². The third-order valence-electron chi connectivity index (χ3n) is 5.08. The third-order valence-corrected chi connectivity index (χ3v) is 5.08. The second kappa shape index (κ2) is 7.35. The highest BCUT2D eigenvalue weighted by molar-refractivity contribution is 5.76. The molecule has 0 saturated carbocycles. The number of nitrogens with one attached hydrogen (secondary N) is 1. The van der Waals surface area contributed by atoms with Gasteiger partial charge in [0.2, 0.25) is 0 Å². The van der Waals surface area contributed by atoms with Gasteiger partial charge in [-0.1, -0.05) is 6.07 Å². The van der Waals surface area contributed by atoms with Gasteiger partial charge in [-0.3, -0.25) is 9.78 Å². The van der Waals surface area contributed by atoms with Crippen molar-refractivity contribution in [3.63, 3.8) is 0 Å². The standard InChI is InChI=1S/C21H25N5O3/c1-21(2,3)29-20(28)25-9-6-14(7-10-25)17-11-18(27)26-19(24-17)16(13-23-26)15-5-4-8-22-12-15/h4-5,8,11-14,24H,6-7,9-10H2,1-3H3. The highest BCUT2D eigenvalue weighted by atomic mass is 16.6. The Bertz CT molecular complexity index is 1070. The van der Waals surface area contributed by atoms with Gasteiger partial charge >= 0.3 is 6.09 Å². The first-order valence-corrected chi connectivity index (χ1v) is 9.81. The van der Waals surface area contributed by atoms with E-state index in [9.17, 15) is 9.59 Å². The fourth-order valence-corrected chi connectivity index (χ4v) is 3.66. The summed E-state index contributed by atoms with van der Waals surface area (Å²) in [5.74, 6) is 0.169. The van der Waals surface area contributed by atoms with E-state index in [0.717, 1.165) is 29.7 Å². The number of piperidine rings is 1. The largest absolute Gasteiger partial charge is 0.444 e. The maximum atomic E-state index is 12.6. The Kier molecular flexibility index (Phi) is 4.86. The van der Waals surface area contributed by atoms with Crippen molar-refractivity contribution in [3.8, 4) is 11.1 Å². The lowest BCUT2D eigenvalue weighted by atomic mass is 9.93. The molecule has 1 amide bonds. The van der Waals surface area contributed by atoms with Crippen molar-refractivity contribution in [2.75, 3.05) is 13.1 Å². The van der Waals surface area contributed by atoms with E-state index in [1.54, 1.807) is 29.6 Å². The molecule has 8 heteroatoms. The summed E-state index contributed by atoms with van der Waals surface area (Å²) < 4.78 is 6.84. The number of H-pyrrole nitrogens is 1. The van der Waals surface area contributed by atoms with Crippen LogP contribution in [-0.2, 0) is 4.74 Å². The Morgan fingerprint density at radius 2 is 2.00 bits per heavy atom. The van der Waals surface area contributed by atoms with Crippen LogP contribution >= 0.6 is 0 Å². The van der Waals surface area contributed by atoms with Gasteiger partial charge < -0.3 is 14.6 Å². The molecule has 4 heterocycles. The van der Waals surface area contributed by atoms with Gasteiger partial charge in [0.1, 0.15) is 11.2 Å². The second-order valence-corrected chi connectivity index (χ2v) is 8.36. The molecule has 8 nitrogen and oxygen atoms in total. The molecule has 0 aliphatic carbocycles. The zero-order chi connectivity index (χ0) is 20.6. The van der Waals surface area contributed by atoms with Crippen LogP contribution in [0.15, 0.2) is 41.6 Å². The highest BCUT2D eigenvalue weighted by Crippen LogP contribution is 2.29. The molecule has 0 bridgehead atoms. The molecule has 3 aromatic rings. The summed E-state index contributed by atoms with van der Waals surface area (Å²) in [6, 6.07) is 5.41. The number of aromatic nitrogens is 4. The van der Waals surface area contributed by atoms with Crippen LogP contribution in [0.1, 0.15) is 45.2 Å². The molecule has 0 spiro atoms. The molecule has 29 heavy (non-hydrogen) atoms. The van der Waals surface area contributed by atoms with Gasteiger partial charge in [-0.25, -0.2) is 4.79 Å². The number of fused-ring (bicyclic) bond motifs is 1. The molecule has 152 valence electrons. The molecular weight excluding hydrogens is 370 g/mol. The SMILES string of the molecule is CC(C)(C)OC(=O)N1CCC(c2cc(=O)n3ncc(-c4cccnc4)c3[nH]2)CC1. The van der Waals surface area contributed by atoms with Crippen LogP contribution in [0.3, 0.4) is 0 Å². The van der Waals surface area contributed by atoms with E-state index in [-0.39, 0.29) is 17.6 Å². The van der Waals surface area contributed by atoms with Crippen molar-refractivity contribution >= 4 is 11.7 Å². The fourth-order valence-electron chi connectivity index (χ4n) is 3.66. The second-order valence-electron chi connectivity index (χ2n) is 8.36. The van der Waals surface area contributed by atoms with Crippen molar-refractivity contribution in [3.05, 3.63) is 52.8 Å². The van der Waals surface area contributed by atoms with E-state index in [0.29, 0.717) is 18.7 Å². The maximum Gasteiger partial charge on any atom is 0.410 e. The molecule has 3 aromatic heterocycles. The van der Waals surface area contributed by atoms with Crippen LogP contribution in [-0.4, -0.2) is 49.3 Å². The Labute approximate surface area is 168 Å². The maximum absolute atomic E-state index is 12.6. The molecule has 0 unspecified atom stereocenters. The van der Waals surface area contributed by atoms with Crippen molar-refractivity contribution in [2.45, 2.75) is 45.1 Å². The number of amides is 1. The van der Waals surface area contributed by atoms with Crippen LogP contribution in [0, 0.1) is 0 Å². The molecular formula is C21H25N5O3. The summed E-state index contributed by atoms with van der Waals surface area (Å²) in [5, 5.41) is 4.23. The van der Waals surface area contributed by atoms with E-state index in [4.69, 9.17) is 4.74 Å². The number of aromatic amines is 1. The van der Waals surface area contributed by atoms with Crippen molar-refractivity contribution < 1.29 is 9.53 Å². The summed E-state index contributed by atoms with van der Waals surface area (Å²) >= 11 is 0. The van der Waals surface area contributed by atoms with E-state index in [1.807, 2.05) is 32.9 Å². The van der Waals surface area contributed by atoms with Gasteiger partial charge in [0.25, 0.3) is 5.56 Å². The molecule has 0 aromatic carbocycles. The lowest BCUT2D eigenvalue weighted by Crippen LogP contribution is -2.41. The summed E-state index contributed by atoms with van der Waals surface area (Å²) in [4.78, 5) is 34.2. The van der Waals surface area contributed by atoms with Crippen LogP contribution in [0.2, 0.25) is 0 Å². The first-order chi connectivity index (χ1) is 13.8. The number of rotatable bonds is 2. The summed E-state index contributed by atoms with van der Waals surface area (Å²) in [6.45, 7) is 6.79. The zero-order valence-corrected chi connectivity index (χ0v) is 16.9. The first kappa shape index (κ1) is 19.2. The van der Waals surface area contributed by atoms with Crippen molar-refractivity contribution in [1.82, 2.24) is 24.5 Å². The summed E-state index contributed by atoms with van der Waals surface area (Å²) in [5.41, 5.74) is 2.60. The lowest BCUT2D eigenvalue weighted by molar-refractivity contribution is 0.0204. The Hall–Kier alpha value is -3.16. The number of nitrogens with zero attached hydrogens (tertiary/aromatic N) is 4. The highest BCUT2D eigenvalue weighted by Gasteiger charge is 2.28. The minimum atomic E-state index is -0.505. The minimum Gasteiger partial charge on any atom is -0.444 e. The number of carbonyl (C=O) groups is 1. The number of hydrogen-bond acceptors (Lipinski definition) is 5. The van der Waals surface area contributed by atoms with E-state index >= 15 is 0 Å². The number of ether oxygens (including phenoxy) is 1. The smallest absolute Gasteiger partial charge is 0.410 e. The van der Waals surface area contributed by atoms with Gasteiger partial charge in [0.05, 0.1) is 6.20 Å². The van der Waals surface area contributed by atoms with E-state index in [2.05, 4.69) is 15.1 Å². The molecule has 0 radical (unpaired) electrons. The van der Waals surface area contributed by atoms with Crippen LogP contribution in [0.5, 0.6) is 0 Å². The fraction of sp³-hybridized carbons (Fsp3) is 0.429. The molecule has 1 aliphatic rings. The number of likely N-dealkylation sites (tertiary alicyclic amines) is 1. The van der Waals surface area contributed by atoms with Gasteiger partial charge in [-0.05, 0) is 39.7 Å². The zero-order valence-electron chi connectivity index (χ0n) is 16.9. The van der Waals surface area contributed by atoms with E-state index < -0.39 is 5.60 Å². The average molecular weight is 395 g/mol. The molecule has 1 aliphatic heterocycles. The minimum absolute atomic E-state index is 0.168. The van der Waals surface area contributed by atoms with Crippen molar-refractivity contribution in [1.29, 1.82) is 0 Å². The molecule has 1 saturated heterocycles. The molecule has 1 N–H and O–H groups in total.